The van der Waals surface area contributed by atoms with Crippen molar-refractivity contribution in [3.05, 3.63) is 45.4 Å². The first-order chi connectivity index (χ1) is 7.61. The fraction of sp³-hybridized carbons (Fsp3) is 0.100. The smallest absolute Gasteiger partial charge is 0.125 e. The van der Waals surface area contributed by atoms with Gasteiger partial charge in [-0.05, 0) is 34.1 Å². The predicted molar refractivity (Wildman–Crippen MR) is 65.8 cm³/mol. The normalized spacial score (nSPS) is 10.8. The van der Waals surface area contributed by atoms with Crippen LogP contribution in [0.15, 0.2) is 28.9 Å². The topological polar surface area (TPSA) is 17.8 Å². The van der Waals surface area contributed by atoms with Crippen molar-refractivity contribution in [2.24, 2.45) is 0 Å². The zero-order chi connectivity index (χ0) is 11.7. The molecule has 0 spiro atoms. The summed E-state index contributed by atoms with van der Waals surface area (Å²) in [6, 6.07) is 4.35. The van der Waals surface area contributed by atoms with Crippen molar-refractivity contribution in [3.63, 3.8) is 0 Å². The van der Waals surface area contributed by atoms with Crippen LogP contribution in [0.5, 0.6) is 0 Å². The molecule has 0 radical (unpaired) electrons. The quantitative estimate of drug-likeness (QED) is 0.759. The number of rotatable bonds is 2. The molecule has 0 aliphatic heterocycles. The highest BCUT2D eigenvalue weighted by molar-refractivity contribution is 9.10. The Labute approximate surface area is 110 Å². The van der Waals surface area contributed by atoms with Gasteiger partial charge < -0.3 is 0 Å². The molecule has 2 nitrogen and oxygen atoms in total. The van der Waals surface area contributed by atoms with Crippen molar-refractivity contribution < 1.29 is 4.39 Å². The molecule has 2 rings (SSSR count). The highest BCUT2D eigenvalue weighted by Gasteiger charge is 2.11. The zero-order valence-corrected chi connectivity index (χ0v) is 11.0. The Morgan fingerprint density at radius 3 is 2.75 bits per heavy atom. The second-order valence-electron chi connectivity index (χ2n) is 3.10. The molecule has 0 amide bonds. The molecule has 84 valence electrons. The average Bonchev–Trinajstić information content (AvgIpc) is 2.64. The Morgan fingerprint density at radius 1 is 1.44 bits per heavy atom. The molecule has 0 saturated heterocycles. The van der Waals surface area contributed by atoms with Gasteiger partial charge in [0.15, 0.2) is 0 Å². The largest absolute Gasteiger partial charge is 0.238 e. The second-order valence-corrected chi connectivity index (χ2v) is 4.63. The molecule has 0 aliphatic rings. The lowest BCUT2D eigenvalue weighted by Gasteiger charge is -2.07. The molecule has 0 fully saturated rings. The molecule has 0 bridgehead atoms. The van der Waals surface area contributed by atoms with Crippen LogP contribution in [0.3, 0.4) is 0 Å². The van der Waals surface area contributed by atoms with Crippen LogP contribution in [0.4, 0.5) is 4.39 Å². The summed E-state index contributed by atoms with van der Waals surface area (Å²) in [6.07, 6.45) is 1.72. The number of alkyl halides is 1. The molecule has 6 heteroatoms. The Bertz CT molecular complexity index is 504. The van der Waals surface area contributed by atoms with Crippen molar-refractivity contribution in [3.8, 4) is 5.69 Å². The van der Waals surface area contributed by atoms with Crippen LogP contribution in [-0.4, -0.2) is 9.78 Å². The van der Waals surface area contributed by atoms with Crippen molar-refractivity contribution >= 4 is 39.1 Å². The first-order valence-corrected chi connectivity index (χ1v) is 6.08. The standard InChI is InChI=1S/C10H6BrCl2FN2/c11-8-3-6(14)4-9(13)10(8)16-2-1-7(5-12)15-16/h1-4H,5H2. The molecule has 16 heavy (non-hydrogen) atoms. The van der Waals surface area contributed by atoms with Crippen molar-refractivity contribution in [1.82, 2.24) is 9.78 Å². The number of hydrogen-bond acceptors (Lipinski definition) is 1. The molecular formula is C10H6BrCl2FN2. The summed E-state index contributed by atoms with van der Waals surface area (Å²) < 4.78 is 15.1. The first-order valence-electron chi connectivity index (χ1n) is 4.37. The Balaban J connectivity index is 2.55. The highest BCUT2D eigenvalue weighted by Crippen LogP contribution is 2.29. The Hall–Kier alpha value is -0.580. The monoisotopic (exact) mass is 322 g/mol. The number of halogens is 4. The summed E-state index contributed by atoms with van der Waals surface area (Å²) >= 11 is 14.9. The minimum Gasteiger partial charge on any atom is -0.238 e. The van der Waals surface area contributed by atoms with Gasteiger partial charge in [0.25, 0.3) is 0 Å². The van der Waals surface area contributed by atoms with Gasteiger partial charge in [-0.3, -0.25) is 0 Å². The van der Waals surface area contributed by atoms with Crippen LogP contribution in [0.1, 0.15) is 5.69 Å². The Morgan fingerprint density at radius 2 is 2.19 bits per heavy atom. The summed E-state index contributed by atoms with van der Waals surface area (Å²) in [4.78, 5) is 0. The summed E-state index contributed by atoms with van der Waals surface area (Å²) in [7, 11) is 0. The third-order valence-electron chi connectivity index (χ3n) is 1.99. The molecule has 0 aliphatic carbocycles. The first kappa shape index (κ1) is 11.9. The van der Waals surface area contributed by atoms with Gasteiger partial charge in [0.2, 0.25) is 0 Å². The molecule has 0 unspecified atom stereocenters. The minimum atomic E-state index is -0.398. The van der Waals surface area contributed by atoms with E-state index in [1.807, 2.05) is 0 Å². The van der Waals surface area contributed by atoms with Crippen LogP contribution in [0, 0.1) is 5.82 Å². The summed E-state index contributed by atoms with van der Waals surface area (Å²) in [6.45, 7) is 0. The third kappa shape index (κ3) is 2.24. The third-order valence-corrected chi connectivity index (χ3v) is 3.16. The van der Waals surface area contributed by atoms with E-state index in [4.69, 9.17) is 23.2 Å². The van der Waals surface area contributed by atoms with E-state index in [1.165, 1.54) is 12.1 Å². The van der Waals surface area contributed by atoms with E-state index < -0.39 is 5.82 Å². The lowest BCUT2D eigenvalue weighted by molar-refractivity contribution is 0.626. The molecule has 1 aromatic heterocycles. The van der Waals surface area contributed by atoms with Crippen LogP contribution in [0.25, 0.3) is 5.69 Å². The maximum Gasteiger partial charge on any atom is 0.125 e. The summed E-state index contributed by atoms with van der Waals surface area (Å²) in [5, 5.41) is 4.49. The van der Waals surface area contributed by atoms with Crippen LogP contribution in [-0.2, 0) is 5.88 Å². The molecule has 1 heterocycles. The molecule has 0 atom stereocenters. The van der Waals surface area contributed by atoms with E-state index in [1.54, 1.807) is 16.9 Å². The van der Waals surface area contributed by atoms with E-state index in [2.05, 4.69) is 21.0 Å². The van der Waals surface area contributed by atoms with E-state index in [9.17, 15) is 4.39 Å². The maximum atomic E-state index is 13.0. The van der Waals surface area contributed by atoms with Gasteiger partial charge in [0.1, 0.15) is 5.82 Å². The minimum absolute atomic E-state index is 0.288. The average molecular weight is 324 g/mol. The second kappa shape index (κ2) is 4.73. The van der Waals surface area contributed by atoms with E-state index in [-0.39, 0.29) is 5.02 Å². The van der Waals surface area contributed by atoms with Gasteiger partial charge in [-0.15, -0.1) is 11.6 Å². The molecule has 0 saturated carbocycles. The number of aromatic nitrogens is 2. The maximum absolute atomic E-state index is 13.0. The van der Waals surface area contributed by atoms with E-state index >= 15 is 0 Å². The van der Waals surface area contributed by atoms with Crippen molar-refractivity contribution in [2.75, 3.05) is 0 Å². The summed E-state index contributed by atoms with van der Waals surface area (Å²) in [5.41, 5.74) is 1.33. The fourth-order valence-corrected chi connectivity index (χ4v) is 2.47. The van der Waals surface area contributed by atoms with Gasteiger partial charge in [-0.1, -0.05) is 11.6 Å². The van der Waals surface area contributed by atoms with Gasteiger partial charge >= 0.3 is 0 Å². The van der Waals surface area contributed by atoms with Crippen LogP contribution < -0.4 is 0 Å². The van der Waals surface area contributed by atoms with Gasteiger partial charge in [0.05, 0.1) is 22.3 Å². The molecule has 2 aromatic rings. The van der Waals surface area contributed by atoms with Gasteiger partial charge in [0, 0.05) is 10.7 Å². The van der Waals surface area contributed by atoms with Crippen molar-refractivity contribution in [2.45, 2.75) is 5.88 Å². The Kier molecular flexibility index (Phi) is 3.52. The highest BCUT2D eigenvalue weighted by atomic mass is 79.9. The lowest BCUT2D eigenvalue weighted by Crippen LogP contribution is -1.98. The predicted octanol–water partition coefficient (Wildman–Crippen LogP) is 4.17. The van der Waals surface area contributed by atoms with Crippen LogP contribution in [0.2, 0.25) is 5.02 Å². The SMILES string of the molecule is Fc1cc(Cl)c(-n2ccc(CCl)n2)c(Br)c1. The van der Waals surface area contributed by atoms with E-state index in [0.717, 1.165) is 5.69 Å². The number of nitrogens with zero attached hydrogens (tertiary/aromatic N) is 2. The van der Waals surface area contributed by atoms with Gasteiger partial charge in [-0.25, -0.2) is 9.07 Å². The lowest BCUT2D eigenvalue weighted by atomic mass is 10.3. The van der Waals surface area contributed by atoms with Crippen LogP contribution >= 0.6 is 39.1 Å². The zero-order valence-electron chi connectivity index (χ0n) is 7.92. The van der Waals surface area contributed by atoms with Gasteiger partial charge in [-0.2, -0.15) is 5.10 Å². The summed E-state index contributed by atoms with van der Waals surface area (Å²) in [5.74, 6) is -0.0750. The number of benzene rings is 1. The fourth-order valence-electron chi connectivity index (χ4n) is 1.31. The molecule has 0 N–H and O–H groups in total. The number of hydrogen-bond donors (Lipinski definition) is 0. The molecular weight excluding hydrogens is 318 g/mol. The van der Waals surface area contributed by atoms with Crippen molar-refractivity contribution in [1.29, 1.82) is 0 Å². The van der Waals surface area contributed by atoms with E-state index in [0.29, 0.717) is 16.0 Å². The molecule has 1 aromatic carbocycles.